The van der Waals surface area contributed by atoms with Gasteiger partial charge in [-0.2, -0.15) is 0 Å². The number of rotatable bonds is 3. The minimum absolute atomic E-state index is 0.217. The maximum absolute atomic E-state index is 12.0. The fraction of sp³-hybridized carbons (Fsp3) is 0.231. The van der Waals surface area contributed by atoms with Gasteiger partial charge in [0.15, 0.2) is 0 Å². The molecule has 0 spiro atoms. The molecule has 0 aromatic carbocycles. The van der Waals surface area contributed by atoms with E-state index in [2.05, 4.69) is 10.3 Å². The lowest BCUT2D eigenvalue weighted by Gasteiger charge is -2.12. The van der Waals surface area contributed by atoms with Gasteiger partial charge >= 0.3 is 0 Å². The molecule has 2 rings (SSSR count). The van der Waals surface area contributed by atoms with Gasteiger partial charge in [-0.3, -0.25) is 9.78 Å². The van der Waals surface area contributed by atoms with Gasteiger partial charge in [-0.25, -0.2) is 0 Å². The van der Waals surface area contributed by atoms with Crippen molar-refractivity contribution in [3.8, 4) is 0 Å². The van der Waals surface area contributed by atoms with Crippen LogP contribution >= 0.6 is 0 Å². The zero-order valence-electron chi connectivity index (χ0n) is 10.3. The second kappa shape index (κ2) is 4.91. The van der Waals surface area contributed by atoms with E-state index in [9.17, 15) is 4.79 Å². The monoisotopic (exact) mass is 245 g/mol. The Morgan fingerprint density at radius 2 is 2.22 bits per heavy atom. The third-order valence-corrected chi connectivity index (χ3v) is 2.63. The van der Waals surface area contributed by atoms with Crippen LogP contribution in [0.3, 0.4) is 0 Å². The maximum Gasteiger partial charge on any atom is 0.255 e. The average Bonchev–Trinajstić information content (AvgIpc) is 2.76. The predicted octanol–water partition coefficient (Wildman–Crippen LogP) is 2.06. The Kier molecular flexibility index (Phi) is 3.32. The van der Waals surface area contributed by atoms with E-state index in [1.165, 1.54) is 6.20 Å². The molecule has 1 atom stereocenters. The van der Waals surface area contributed by atoms with E-state index in [1.807, 2.05) is 26.0 Å². The number of pyridine rings is 1. The van der Waals surface area contributed by atoms with Crippen LogP contribution in [0.2, 0.25) is 0 Å². The summed E-state index contributed by atoms with van der Waals surface area (Å²) in [5.74, 6) is 1.26. The lowest BCUT2D eigenvalue weighted by atomic mass is 10.2. The Balaban J connectivity index is 2.10. The number of carbonyl (C=O) groups excluding carboxylic acids is 1. The summed E-state index contributed by atoms with van der Waals surface area (Å²) in [4.78, 5) is 15.9. The molecule has 1 unspecified atom stereocenters. The topological polar surface area (TPSA) is 81.2 Å². The van der Waals surface area contributed by atoms with E-state index in [-0.39, 0.29) is 11.9 Å². The molecule has 1 amide bonds. The molecule has 0 saturated heterocycles. The number of anilines is 1. The van der Waals surface area contributed by atoms with Crippen molar-refractivity contribution in [3.05, 3.63) is 47.7 Å². The van der Waals surface area contributed by atoms with Crippen molar-refractivity contribution >= 4 is 11.6 Å². The largest absolute Gasteiger partial charge is 0.464 e. The highest BCUT2D eigenvalue weighted by Gasteiger charge is 2.15. The van der Waals surface area contributed by atoms with Crippen LogP contribution in [0.5, 0.6) is 0 Å². The number of aromatic nitrogens is 1. The molecule has 2 aromatic heterocycles. The van der Waals surface area contributed by atoms with E-state index in [4.69, 9.17) is 10.2 Å². The fourth-order valence-corrected chi connectivity index (χ4v) is 1.63. The van der Waals surface area contributed by atoms with E-state index >= 15 is 0 Å². The van der Waals surface area contributed by atoms with Crippen LogP contribution in [-0.4, -0.2) is 10.9 Å². The number of hydrogen-bond donors (Lipinski definition) is 2. The van der Waals surface area contributed by atoms with Crippen LogP contribution in [0.1, 0.15) is 34.8 Å². The van der Waals surface area contributed by atoms with Crippen LogP contribution in [0.15, 0.2) is 35.0 Å². The summed E-state index contributed by atoms with van der Waals surface area (Å²) in [6, 6.07) is 5.07. The smallest absolute Gasteiger partial charge is 0.255 e. The molecule has 0 aliphatic carbocycles. The molecule has 3 N–H and O–H groups in total. The average molecular weight is 245 g/mol. The summed E-state index contributed by atoms with van der Waals surface area (Å²) in [7, 11) is 0. The van der Waals surface area contributed by atoms with Crippen molar-refractivity contribution < 1.29 is 9.21 Å². The molecule has 2 aromatic rings. The van der Waals surface area contributed by atoms with Gasteiger partial charge in [0.25, 0.3) is 5.91 Å². The molecular weight excluding hydrogens is 230 g/mol. The standard InChI is InChI=1S/C13H15N3O2/c1-8-3-4-12(18-8)9(2)16-13(17)10-7-15-6-5-11(10)14/h3-7,9H,1-2H3,(H2,14,15)(H,16,17). The van der Waals surface area contributed by atoms with Gasteiger partial charge in [0.1, 0.15) is 11.5 Å². The third kappa shape index (κ3) is 2.51. The van der Waals surface area contributed by atoms with Crippen LogP contribution in [0.25, 0.3) is 0 Å². The maximum atomic E-state index is 12.0. The van der Waals surface area contributed by atoms with E-state index in [0.717, 1.165) is 5.76 Å². The number of nitrogens with one attached hydrogen (secondary N) is 1. The van der Waals surface area contributed by atoms with Gasteiger partial charge in [-0.05, 0) is 32.0 Å². The number of furan rings is 1. The van der Waals surface area contributed by atoms with Gasteiger partial charge in [-0.1, -0.05) is 0 Å². The second-order valence-corrected chi connectivity index (χ2v) is 4.11. The van der Waals surface area contributed by atoms with E-state index in [0.29, 0.717) is 17.0 Å². The van der Waals surface area contributed by atoms with Crippen molar-refractivity contribution in [1.29, 1.82) is 0 Å². The highest BCUT2D eigenvalue weighted by Crippen LogP contribution is 2.17. The Labute approximate surface area is 105 Å². The lowest BCUT2D eigenvalue weighted by molar-refractivity contribution is 0.0935. The summed E-state index contributed by atoms with van der Waals surface area (Å²) in [6.45, 7) is 3.71. The third-order valence-electron chi connectivity index (χ3n) is 2.63. The van der Waals surface area contributed by atoms with Crippen LogP contribution in [-0.2, 0) is 0 Å². The molecule has 0 fully saturated rings. The molecule has 0 radical (unpaired) electrons. The highest BCUT2D eigenvalue weighted by molar-refractivity contribution is 5.98. The van der Waals surface area contributed by atoms with Crippen molar-refractivity contribution in [2.75, 3.05) is 5.73 Å². The summed E-state index contributed by atoms with van der Waals surface area (Å²) in [5.41, 5.74) is 6.49. The normalized spacial score (nSPS) is 12.1. The second-order valence-electron chi connectivity index (χ2n) is 4.11. The SMILES string of the molecule is Cc1ccc(C(C)NC(=O)c2cnccc2N)o1. The Morgan fingerprint density at radius 3 is 2.83 bits per heavy atom. The fourth-order valence-electron chi connectivity index (χ4n) is 1.63. The Bertz CT molecular complexity index is 563. The van der Waals surface area contributed by atoms with Gasteiger partial charge in [0.05, 0.1) is 11.6 Å². The van der Waals surface area contributed by atoms with E-state index in [1.54, 1.807) is 12.3 Å². The number of carbonyl (C=O) groups is 1. The van der Waals surface area contributed by atoms with Crippen molar-refractivity contribution in [3.63, 3.8) is 0 Å². The number of aryl methyl sites for hydroxylation is 1. The summed E-state index contributed by atoms with van der Waals surface area (Å²) >= 11 is 0. The molecule has 0 aliphatic rings. The zero-order valence-corrected chi connectivity index (χ0v) is 10.3. The molecule has 5 heteroatoms. The first kappa shape index (κ1) is 12.2. The molecular formula is C13H15N3O2. The first-order valence-corrected chi connectivity index (χ1v) is 5.64. The molecule has 0 aliphatic heterocycles. The van der Waals surface area contributed by atoms with Crippen LogP contribution in [0.4, 0.5) is 5.69 Å². The molecule has 0 bridgehead atoms. The van der Waals surface area contributed by atoms with Gasteiger partial charge in [0.2, 0.25) is 0 Å². The highest BCUT2D eigenvalue weighted by atomic mass is 16.3. The van der Waals surface area contributed by atoms with Crippen LogP contribution < -0.4 is 11.1 Å². The van der Waals surface area contributed by atoms with Gasteiger partial charge in [0, 0.05) is 18.1 Å². The minimum atomic E-state index is -0.262. The van der Waals surface area contributed by atoms with Gasteiger partial charge in [-0.15, -0.1) is 0 Å². The quantitative estimate of drug-likeness (QED) is 0.867. The Hall–Kier alpha value is -2.30. The minimum Gasteiger partial charge on any atom is -0.464 e. The number of nitrogens with zero attached hydrogens (tertiary/aromatic N) is 1. The number of hydrogen-bond acceptors (Lipinski definition) is 4. The molecule has 2 heterocycles. The number of nitrogens with two attached hydrogens (primary N) is 1. The first-order valence-electron chi connectivity index (χ1n) is 5.64. The molecule has 94 valence electrons. The summed E-state index contributed by atoms with van der Waals surface area (Å²) in [6.07, 6.45) is 3.00. The van der Waals surface area contributed by atoms with Crippen molar-refractivity contribution in [1.82, 2.24) is 10.3 Å². The Morgan fingerprint density at radius 1 is 1.44 bits per heavy atom. The summed E-state index contributed by atoms with van der Waals surface area (Å²) in [5, 5.41) is 2.81. The predicted molar refractivity (Wildman–Crippen MR) is 68.0 cm³/mol. The number of amides is 1. The first-order chi connectivity index (χ1) is 8.58. The van der Waals surface area contributed by atoms with Crippen LogP contribution in [0, 0.1) is 6.92 Å². The molecule has 18 heavy (non-hydrogen) atoms. The molecule has 0 saturated carbocycles. The van der Waals surface area contributed by atoms with Gasteiger partial charge < -0.3 is 15.5 Å². The lowest BCUT2D eigenvalue weighted by Crippen LogP contribution is -2.27. The number of nitrogen functional groups attached to an aromatic ring is 1. The van der Waals surface area contributed by atoms with Crippen molar-refractivity contribution in [2.45, 2.75) is 19.9 Å². The zero-order chi connectivity index (χ0) is 13.1. The molecule has 5 nitrogen and oxygen atoms in total. The van der Waals surface area contributed by atoms with Crippen molar-refractivity contribution in [2.24, 2.45) is 0 Å². The summed E-state index contributed by atoms with van der Waals surface area (Å²) < 4.78 is 5.45. The van der Waals surface area contributed by atoms with E-state index < -0.39 is 0 Å².